The third kappa shape index (κ3) is 4.74. The lowest BCUT2D eigenvalue weighted by Gasteiger charge is -2.13. The Morgan fingerprint density at radius 1 is 1.24 bits per heavy atom. The zero-order valence-corrected chi connectivity index (χ0v) is 9.97. The first-order chi connectivity index (χ1) is 7.79. The summed E-state index contributed by atoms with van der Waals surface area (Å²) in [7, 11) is 0. The molecule has 0 fully saturated rings. The van der Waals surface area contributed by atoms with Gasteiger partial charge in [0.15, 0.2) is 11.1 Å². The van der Waals surface area contributed by atoms with Crippen LogP contribution in [0.25, 0.3) is 0 Å². The summed E-state index contributed by atoms with van der Waals surface area (Å²) in [4.78, 5) is -0.140. The summed E-state index contributed by atoms with van der Waals surface area (Å²) in [5, 5.41) is 0. The van der Waals surface area contributed by atoms with Crippen LogP contribution in [0.5, 0.6) is 5.75 Å². The highest BCUT2D eigenvalue weighted by Crippen LogP contribution is 2.28. The molecule has 17 heavy (non-hydrogen) atoms. The number of halogens is 3. The zero-order valence-electron chi connectivity index (χ0n) is 9.15. The molecule has 0 aliphatic heterocycles. The van der Waals surface area contributed by atoms with Crippen LogP contribution in [0.2, 0.25) is 0 Å². The van der Waals surface area contributed by atoms with Gasteiger partial charge in [-0.15, -0.1) is 13.2 Å². The molecule has 96 valence electrons. The van der Waals surface area contributed by atoms with Crippen molar-refractivity contribution in [3.05, 3.63) is 24.3 Å². The smallest absolute Gasteiger partial charge is 0.404 e. The molecule has 0 radical (unpaired) electrons. The third-order valence-electron chi connectivity index (χ3n) is 1.53. The van der Waals surface area contributed by atoms with E-state index in [-0.39, 0.29) is 11.0 Å². The number of hydrogen-bond acceptors (Lipinski definition) is 3. The van der Waals surface area contributed by atoms with Gasteiger partial charge in [0.05, 0.1) is 6.10 Å². The molecule has 0 saturated carbocycles. The van der Waals surface area contributed by atoms with Crippen molar-refractivity contribution in [2.24, 2.45) is 0 Å². The van der Waals surface area contributed by atoms with Crippen molar-refractivity contribution in [2.45, 2.75) is 31.2 Å². The molecule has 7 heteroatoms. The van der Waals surface area contributed by atoms with E-state index in [9.17, 15) is 17.4 Å². The van der Waals surface area contributed by atoms with Gasteiger partial charge in [0, 0.05) is 0 Å². The van der Waals surface area contributed by atoms with Gasteiger partial charge in [-0.1, -0.05) is 12.1 Å². The molecule has 0 unspecified atom stereocenters. The minimum absolute atomic E-state index is 0.140. The summed E-state index contributed by atoms with van der Waals surface area (Å²) < 4.78 is 56.5. The molecular formula is C10H11F3O3S. The molecule has 0 saturated heterocycles. The summed E-state index contributed by atoms with van der Waals surface area (Å²) >= 11 is -1.98. The first-order valence-corrected chi connectivity index (χ1v) is 5.81. The Morgan fingerprint density at radius 2 is 1.82 bits per heavy atom. The van der Waals surface area contributed by atoms with Gasteiger partial charge in [-0.2, -0.15) is 0 Å². The van der Waals surface area contributed by atoms with Crippen LogP contribution < -0.4 is 4.74 Å². The van der Waals surface area contributed by atoms with E-state index in [2.05, 4.69) is 4.74 Å². The van der Waals surface area contributed by atoms with E-state index >= 15 is 0 Å². The number of ether oxygens (including phenoxy) is 1. The largest absolute Gasteiger partial charge is 0.573 e. The van der Waals surface area contributed by atoms with Crippen molar-refractivity contribution in [3.8, 4) is 5.75 Å². The van der Waals surface area contributed by atoms with Gasteiger partial charge in [-0.25, -0.2) is 4.21 Å². The molecule has 1 aromatic rings. The standard InChI is InChI=1S/C10H11F3O3S/c1-7(2)16-17(14)9-6-4-3-5-8(9)15-10(11,12)13/h3-7H,1-2H3/t17-/m1/s1. The fraction of sp³-hybridized carbons (Fsp3) is 0.400. The van der Waals surface area contributed by atoms with Gasteiger partial charge < -0.3 is 4.74 Å². The second-order valence-corrected chi connectivity index (χ2v) is 4.48. The highest BCUT2D eigenvalue weighted by molar-refractivity contribution is 7.80. The molecule has 0 N–H and O–H groups in total. The monoisotopic (exact) mass is 268 g/mol. The van der Waals surface area contributed by atoms with Crippen molar-refractivity contribution in [1.82, 2.24) is 0 Å². The molecule has 0 amide bonds. The van der Waals surface area contributed by atoms with Crippen LogP contribution in [0.4, 0.5) is 13.2 Å². The van der Waals surface area contributed by atoms with E-state index in [4.69, 9.17) is 4.18 Å². The second-order valence-electron chi connectivity index (χ2n) is 3.37. The molecule has 0 aliphatic rings. The molecular weight excluding hydrogens is 257 g/mol. The molecule has 0 heterocycles. The Kier molecular flexibility index (Phi) is 4.53. The van der Waals surface area contributed by atoms with Crippen molar-refractivity contribution >= 4 is 11.1 Å². The van der Waals surface area contributed by atoms with Gasteiger partial charge in [-0.05, 0) is 26.0 Å². The van der Waals surface area contributed by atoms with Gasteiger partial charge in [0.1, 0.15) is 10.6 Å². The summed E-state index contributed by atoms with van der Waals surface area (Å²) in [5.74, 6) is -0.515. The van der Waals surface area contributed by atoms with Gasteiger partial charge in [0.2, 0.25) is 0 Å². The number of para-hydroxylation sites is 1. The van der Waals surface area contributed by atoms with Gasteiger partial charge >= 0.3 is 6.36 Å². The van der Waals surface area contributed by atoms with Crippen LogP contribution in [0.1, 0.15) is 13.8 Å². The van der Waals surface area contributed by atoms with E-state index in [0.29, 0.717) is 0 Å². The average molecular weight is 268 g/mol. The van der Waals surface area contributed by atoms with E-state index in [1.807, 2.05) is 0 Å². The normalized spacial score (nSPS) is 13.8. The van der Waals surface area contributed by atoms with Crippen molar-refractivity contribution < 1.29 is 26.3 Å². The Morgan fingerprint density at radius 3 is 2.35 bits per heavy atom. The Hall–Kier alpha value is -1.08. The molecule has 1 atom stereocenters. The quantitative estimate of drug-likeness (QED) is 0.842. The van der Waals surface area contributed by atoms with E-state index in [1.54, 1.807) is 13.8 Å². The van der Waals surface area contributed by atoms with Crippen LogP contribution in [-0.4, -0.2) is 16.7 Å². The molecule has 0 aliphatic carbocycles. The molecule has 3 nitrogen and oxygen atoms in total. The maximum atomic E-state index is 12.1. The van der Waals surface area contributed by atoms with E-state index < -0.39 is 23.2 Å². The zero-order chi connectivity index (χ0) is 13.1. The summed E-state index contributed by atoms with van der Waals surface area (Å²) in [6.45, 7) is 3.26. The van der Waals surface area contributed by atoms with Crippen LogP contribution >= 0.6 is 0 Å². The Labute approximate surface area is 99.2 Å². The summed E-state index contributed by atoms with van der Waals surface area (Å²) in [6, 6.07) is 5.17. The lowest BCUT2D eigenvalue weighted by molar-refractivity contribution is -0.275. The third-order valence-corrected chi connectivity index (χ3v) is 2.79. The number of rotatable bonds is 4. The second kappa shape index (κ2) is 5.50. The topological polar surface area (TPSA) is 35.5 Å². The highest BCUT2D eigenvalue weighted by Gasteiger charge is 2.32. The van der Waals surface area contributed by atoms with Crippen molar-refractivity contribution in [2.75, 3.05) is 0 Å². The number of hydrogen-bond donors (Lipinski definition) is 0. The molecule has 1 rings (SSSR count). The van der Waals surface area contributed by atoms with Crippen LogP contribution in [0.15, 0.2) is 29.2 Å². The van der Waals surface area contributed by atoms with Crippen molar-refractivity contribution in [3.63, 3.8) is 0 Å². The van der Waals surface area contributed by atoms with Gasteiger partial charge in [-0.3, -0.25) is 4.18 Å². The maximum Gasteiger partial charge on any atom is 0.573 e. The predicted molar refractivity (Wildman–Crippen MR) is 55.8 cm³/mol. The number of alkyl halides is 3. The first kappa shape index (κ1) is 14.0. The highest BCUT2D eigenvalue weighted by atomic mass is 32.2. The Bertz CT molecular complexity index is 404. The van der Waals surface area contributed by atoms with Gasteiger partial charge in [0.25, 0.3) is 0 Å². The minimum atomic E-state index is -4.82. The average Bonchev–Trinajstić information content (AvgIpc) is 2.14. The van der Waals surface area contributed by atoms with Crippen LogP contribution in [-0.2, 0) is 15.3 Å². The van der Waals surface area contributed by atoms with Crippen molar-refractivity contribution in [1.29, 1.82) is 0 Å². The summed E-state index contributed by atoms with van der Waals surface area (Å²) in [6.07, 6.45) is -5.19. The van der Waals surface area contributed by atoms with Crippen LogP contribution in [0, 0.1) is 0 Å². The maximum absolute atomic E-state index is 12.1. The fourth-order valence-electron chi connectivity index (χ4n) is 1.02. The fourth-order valence-corrected chi connectivity index (χ4v) is 1.94. The predicted octanol–water partition coefficient (Wildman–Crippen LogP) is 3.03. The molecule has 1 aromatic carbocycles. The van der Waals surface area contributed by atoms with E-state index in [0.717, 1.165) is 6.07 Å². The van der Waals surface area contributed by atoms with E-state index in [1.165, 1.54) is 18.2 Å². The lowest BCUT2D eigenvalue weighted by Crippen LogP contribution is -2.18. The molecule has 0 bridgehead atoms. The molecule has 0 aromatic heterocycles. The summed E-state index contributed by atoms with van der Waals surface area (Å²) in [5.41, 5.74) is 0. The van der Waals surface area contributed by atoms with Crippen LogP contribution in [0.3, 0.4) is 0 Å². The number of benzene rings is 1. The Balaban J connectivity index is 2.95. The minimum Gasteiger partial charge on any atom is -0.404 e. The molecule has 0 spiro atoms. The first-order valence-electron chi connectivity index (χ1n) is 4.73. The SMILES string of the molecule is CC(C)O[S@@](=O)c1ccccc1OC(F)(F)F. The lowest BCUT2D eigenvalue weighted by atomic mass is 10.3.